The number of carbonyl (C=O) groups excluding carboxylic acids is 1. The predicted molar refractivity (Wildman–Crippen MR) is 104 cm³/mol. The van der Waals surface area contributed by atoms with Crippen LogP contribution < -0.4 is 0 Å². The minimum absolute atomic E-state index is 0.0967. The van der Waals surface area contributed by atoms with Crippen molar-refractivity contribution in [2.24, 2.45) is 4.99 Å². The third-order valence-electron chi connectivity index (χ3n) is 4.92. The van der Waals surface area contributed by atoms with E-state index in [2.05, 4.69) is 5.16 Å². The SMILES string of the molecule is COC(=O)C[C@@H]1N=C(C2=CC=C(Cl)CC2)c2ccccc2-c2c(C)noc21. The van der Waals surface area contributed by atoms with Gasteiger partial charge in [0.1, 0.15) is 6.04 Å². The molecule has 6 heteroatoms. The van der Waals surface area contributed by atoms with Gasteiger partial charge in [0, 0.05) is 10.6 Å². The van der Waals surface area contributed by atoms with E-state index >= 15 is 0 Å². The number of aryl methyl sites for hydroxylation is 1. The number of methoxy groups -OCH3 is 1. The molecule has 1 atom stereocenters. The van der Waals surface area contributed by atoms with E-state index in [0.29, 0.717) is 5.76 Å². The summed E-state index contributed by atoms with van der Waals surface area (Å²) in [6, 6.07) is 7.58. The fraction of sp³-hybridized carbons (Fsp3) is 0.286. The molecule has 0 radical (unpaired) electrons. The zero-order valence-corrected chi connectivity index (χ0v) is 15.9. The lowest BCUT2D eigenvalue weighted by atomic mass is 9.90. The maximum atomic E-state index is 12.0. The second-order valence-corrected chi connectivity index (χ2v) is 7.12. The Morgan fingerprint density at radius 1 is 1.26 bits per heavy atom. The van der Waals surface area contributed by atoms with Crippen molar-refractivity contribution in [2.75, 3.05) is 7.11 Å². The van der Waals surface area contributed by atoms with Gasteiger partial charge in [0.15, 0.2) is 5.76 Å². The van der Waals surface area contributed by atoms with Crippen LogP contribution in [-0.2, 0) is 9.53 Å². The zero-order valence-electron chi connectivity index (χ0n) is 15.2. The first-order valence-electron chi connectivity index (χ1n) is 8.84. The minimum Gasteiger partial charge on any atom is -0.469 e. The lowest BCUT2D eigenvalue weighted by Gasteiger charge is -2.16. The van der Waals surface area contributed by atoms with Gasteiger partial charge in [-0.1, -0.05) is 47.1 Å². The molecule has 5 nitrogen and oxygen atoms in total. The molecule has 1 aromatic carbocycles. The Kier molecular flexibility index (Phi) is 4.70. The second-order valence-electron chi connectivity index (χ2n) is 6.63. The van der Waals surface area contributed by atoms with Crippen molar-refractivity contribution in [1.82, 2.24) is 5.16 Å². The molecule has 0 N–H and O–H groups in total. The van der Waals surface area contributed by atoms with Crippen LogP contribution in [-0.4, -0.2) is 23.9 Å². The van der Waals surface area contributed by atoms with Crippen LogP contribution >= 0.6 is 11.6 Å². The number of aliphatic imine (C=N–C) groups is 1. The predicted octanol–water partition coefficient (Wildman–Crippen LogP) is 4.90. The highest BCUT2D eigenvalue weighted by Crippen LogP contribution is 2.41. The second kappa shape index (κ2) is 7.16. The molecule has 0 unspecified atom stereocenters. The summed E-state index contributed by atoms with van der Waals surface area (Å²) in [6.07, 6.45) is 5.59. The van der Waals surface area contributed by atoms with E-state index in [1.54, 1.807) is 0 Å². The number of carbonyl (C=O) groups is 1. The zero-order chi connectivity index (χ0) is 19.0. The molecular weight excluding hydrogens is 364 g/mol. The molecule has 27 heavy (non-hydrogen) atoms. The van der Waals surface area contributed by atoms with Crippen LogP contribution in [0.2, 0.25) is 0 Å². The molecule has 1 aliphatic heterocycles. The highest BCUT2D eigenvalue weighted by molar-refractivity contribution is 6.30. The van der Waals surface area contributed by atoms with Gasteiger partial charge >= 0.3 is 5.97 Å². The number of aromatic nitrogens is 1. The summed E-state index contributed by atoms with van der Waals surface area (Å²) in [6.45, 7) is 1.90. The highest BCUT2D eigenvalue weighted by Gasteiger charge is 2.32. The van der Waals surface area contributed by atoms with Crippen molar-refractivity contribution in [3.63, 3.8) is 0 Å². The average Bonchev–Trinajstić information content (AvgIpc) is 3.00. The van der Waals surface area contributed by atoms with E-state index < -0.39 is 6.04 Å². The van der Waals surface area contributed by atoms with Crippen molar-refractivity contribution in [3.05, 3.63) is 64.0 Å². The summed E-state index contributed by atoms with van der Waals surface area (Å²) in [5.74, 6) is 0.264. The van der Waals surface area contributed by atoms with Gasteiger partial charge in [-0.25, -0.2) is 0 Å². The number of benzene rings is 1. The smallest absolute Gasteiger partial charge is 0.308 e. The summed E-state index contributed by atoms with van der Waals surface area (Å²) in [7, 11) is 1.38. The number of hydrogen-bond acceptors (Lipinski definition) is 5. The van der Waals surface area contributed by atoms with Crippen LogP contribution in [0.3, 0.4) is 0 Å². The molecule has 0 saturated heterocycles. The summed E-state index contributed by atoms with van der Waals surface area (Å²) < 4.78 is 10.5. The Balaban J connectivity index is 1.93. The van der Waals surface area contributed by atoms with E-state index in [1.807, 2.05) is 43.3 Å². The van der Waals surface area contributed by atoms with Gasteiger partial charge in [-0.3, -0.25) is 9.79 Å². The van der Waals surface area contributed by atoms with Gasteiger partial charge < -0.3 is 9.26 Å². The molecule has 2 heterocycles. The maximum absolute atomic E-state index is 12.0. The third-order valence-corrected chi connectivity index (χ3v) is 5.23. The molecule has 0 fully saturated rings. The lowest BCUT2D eigenvalue weighted by Crippen LogP contribution is -2.11. The largest absolute Gasteiger partial charge is 0.469 e. The highest BCUT2D eigenvalue weighted by atomic mass is 35.5. The topological polar surface area (TPSA) is 64.7 Å². The normalized spacial score (nSPS) is 18.5. The van der Waals surface area contributed by atoms with Crippen molar-refractivity contribution < 1.29 is 14.1 Å². The molecule has 1 aliphatic carbocycles. The summed E-state index contributed by atoms with van der Waals surface area (Å²) >= 11 is 6.14. The Morgan fingerprint density at radius 2 is 2.04 bits per heavy atom. The van der Waals surface area contributed by atoms with E-state index in [9.17, 15) is 4.79 Å². The number of rotatable bonds is 3. The molecule has 0 saturated carbocycles. The fourth-order valence-corrected chi connectivity index (χ4v) is 3.74. The Labute approximate surface area is 162 Å². The van der Waals surface area contributed by atoms with E-state index in [-0.39, 0.29) is 12.4 Å². The van der Waals surface area contributed by atoms with Crippen molar-refractivity contribution in [1.29, 1.82) is 0 Å². The van der Waals surface area contributed by atoms with Crippen LogP contribution in [0.15, 0.2) is 56.5 Å². The number of ether oxygens (including phenoxy) is 1. The molecule has 0 spiro atoms. The number of hydrogen-bond donors (Lipinski definition) is 0. The van der Waals surface area contributed by atoms with Crippen molar-refractivity contribution in [3.8, 4) is 11.1 Å². The monoisotopic (exact) mass is 382 g/mol. The van der Waals surface area contributed by atoms with Crippen LogP contribution in [0.4, 0.5) is 0 Å². The third kappa shape index (κ3) is 3.23. The standard InChI is InChI=1S/C21H19ClN2O3/c1-12-19-15-5-3-4-6-16(15)20(13-7-9-14(22)10-8-13)23-17(11-18(25)26-2)21(19)27-24-12/h3-7,9,17H,8,10-11H2,1-2H3/t17-/m0/s1. The molecule has 4 rings (SSSR count). The number of halogens is 1. The molecular formula is C21H19ClN2O3. The first-order valence-corrected chi connectivity index (χ1v) is 9.22. The Hall–Kier alpha value is -2.66. The summed E-state index contributed by atoms with van der Waals surface area (Å²) in [5.41, 5.74) is 5.67. The van der Waals surface area contributed by atoms with Crippen LogP contribution in [0, 0.1) is 6.92 Å². The fourth-order valence-electron chi connectivity index (χ4n) is 3.58. The lowest BCUT2D eigenvalue weighted by molar-refractivity contribution is -0.141. The van der Waals surface area contributed by atoms with Gasteiger partial charge in [0.25, 0.3) is 0 Å². The van der Waals surface area contributed by atoms with E-state index in [1.165, 1.54) is 7.11 Å². The number of esters is 1. The number of allylic oxidation sites excluding steroid dienone is 4. The van der Waals surface area contributed by atoms with E-state index in [0.717, 1.165) is 51.5 Å². The molecule has 0 amide bonds. The van der Waals surface area contributed by atoms with Gasteiger partial charge in [-0.15, -0.1) is 0 Å². The summed E-state index contributed by atoms with van der Waals surface area (Å²) in [4.78, 5) is 17.0. The Morgan fingerprint density at radius 3 is 2.74 bits per heavy atom. The molecule has 2 aliphatic rings. The number of fused-ring (bicyclic) bond motifs is 3. The van der Waals surface area contributed by atoms with Crippen LogP contribution in [0.1, 0.15) is 42.3 Å². The maximum Gasteiger partial charge on any atom is 0.308 e. The van der Waals surface area contributed by atoms with E-state index in [4.69, 9.17) is 25.9 Å². The summed E-state index contributed by atoms with van der Waals surface area (Å²) in [5, 5.41) is 4.96. The first kappa shape index (κ1) is 17.7. The van der Waals surface area contributed by atoms with Gasteiger partial charge in [-0.2, -0.15) is 0 Å². The minimum atomic E-state index is -0.488. The van der Waals surface area contributed by atoms with Crippen LogP contribution in [0.25, 0.3) is 11.1 Å². The molecule has 1 aromatic heterocycles. The number of nitrogens with zero attached hydrogens (tertiary/aromatic N) is 2. The molecule has 0 bridgehead atoms. The van der Waals surface area contributed by atoms with Crippen molar-refractivity contribution in [2.45, 2.75) is 32.2 Å². The average molecular weight is 383 g/mol. The molecule has 138 valence electrons. The van der Waals surface area contributed by atoms with Gasteiger partial charge in [-0.05, 0) is 37.0 Å². The van der Waals surface area contributed by atoms with Gasteiger partial charge in [0.05, 0.1) is 30.5 Å². The molecule has 2 aromatic rings. The Bertz CT molecular complexity index is 1000. The van der Waals surface area contributed by atoms with Crippen molar-refractivity contribution >= 4 is 23.3 Å². The van der Waals surface area contributed by atoms with Crippen LogP contribution in [0.5, 0.6) is 0 Å². The first-order chi connectivity index (χ1) is 13.1. The quantitative estimate of drug-likeness (QED) is 0.708. The van der Waals surface area contributed by atoms with Gasteiger partial charge in [0.2, 0.25) is 0 Å².